The first-order chi connectivity index (χ1) is 13.7. The maximum Gasteiger partial charge on any atom is 0.246 e. The van der Waals surface area contributed by atoms with E-state index in [2.05, 4.69) is 30.2 Å². The Bertz CT molecular complexity index is 827. The van der Waals surface area contributed by atoms with Crippen LogP contribution in [0.15, 0.2) is 33.8 Å². The summed E-state index contributed by atoms with van der Waals surface area (Å²) in [5.41, 5.74) is 0.833. The lowest BCUT2D eigenvalue weighted by Crippen LogP contribution is -2.46. The number of hydrogen-bond donors (Lipinski definition) is 1. The molecule has 0 amide bonds. The molecule has 2 aliphatic heterocycles. The van der Waals surface area contributed by atoms with Gasteiger partial charge in [-0.05, 0) is 18.6 Å². The van der Waals surface area contributed by atoms with E-state index < -0.39 is 0 Å². The monoisotopic (exact) mass is 532 g/mol. The van der Waals surface area contributed by atoms with Gasteiger partial charge in [0.2, 0.25) is 11.7 Å². The predicted octanol–water partition coefficient (Wildman–Crippen LogP) is 2.49. The van der Waals surface area contributed by atoms with Crippen LogP contribution < -0.4 is 5.32 Å². The van der Waals surface area contributed by atoms with Crippen LogP contribution >= 0.6 is 35.6 Å². The zero-order valence-corrected chi connectivity index (χ0v) is 19.5. The maximum absolute atomic E-state index is 6.03. The molecule has 2 aliphatic rings. The Morgan fingerprint density at radius 2 is 2.14 bits per heavy atom. The van der Waals surface area contributed by atoms with Gasteiger partial charge in [-0.15, -0.1) is 24.0 Å². The van der Waals surface area contributed by atoms with Crippen molar-refractivity contribution in [3.05, 3.63) is 35.2 Å². The Balaban J connectivity index is 0.00000240. The molecule has 0 aliphatic carbocycles. The molecule has 29 heavy (non-hydrogen) atoms. The van der Waals surface area contributed by atoms with Crippen LogP contribution in [-0.4, -0.2) is 78.4 Å². The lowest BCUT2D eigenvalue weighted by atomic mass is 10.2. The summed E-state index contributed by atoms with van der Waals surface area (Å²) in [5, 5.41) is 8.03. The second kappa shape index (κ2) is 10.6. The molecule has 4 rings (SSSR count). The zero-order chi connectivity index (χ0) is 19.3. The van der Waals surface area contributed by atoms with Gasteiger partial charge in [-0.2, -0.15) is 4.98 Å². The molecule has 158 valence electrons. The zero-order valence-electron chi connectivity index (χ0n) is 16.4. The summed E-state index contributed by atoms with van der Waals surface area (Å²) in [6, 6.07) is 7.96. The first-order valence-electron chi connectivity index (χ1n) is 9.59. The van der Waals surface area contributed by atoms with Crippen LogP contribution in [0.2, 0.25) is 5.02 Å². The quantitative estimate of drug-likeness (QED) is 0.368. The van der Waals surface area contributed by atoms with Crippen molar-refractivity contribution < 1.29 is 9.26 Å². The number of hydrogen-bond acceptors (Lipinski definition) is 6. The molecule has 10 heteroatoms. The molecule has 8 nitrogen and oxygen atoms in total. The maximum atomic E-state index is 6.03. The molecule has 1 unspecified atom stereocenters. The van der Waals surface area contributed by atoms with Crippen LogP contribution in [0.5, 0.6) is 0 Å². The average Bonchev–Trinajstić information content (AvgIpc) is 3.39. The molecule has 0 bridgehead atoms. The Morgan fingerprint density at radius 1 is 1.31 bits per heavy atom. The number of benzene rings is 1. The highest BCUT2D eigenvalue weighted by molar-refractivity contribution is 14.0. The van der Waals surface area contributed by atoms with Gasteiger partial charge in [0, 0.05) is 49.9 Å². The number of rotatable bonds is 4. The van der Waals surface area contributed by atoms with Crippen molar-refractivity contribution in [1.29, 1.82) is 0 Å². The topological polar surface area (TPSA) is 79.0 Å². The van der Waals surface area contributed by atoms with Gasteiger partial charge in [0.05, 0.1) is 19.8 Å². The molecule has 2 fully saturated rings. The summed E-state index contributed by atoms with van der Waals surface area (Å²) in [6.07, 6.45) is 1.14. The van der Waals surface area contributed by atoms with Crippen molar-refractivity contribution in [1.82, 2.24) is 25.3 Å². The second-order valence-corrected chi connectivity index (χ2v) is 7.40. The fourth-order valence-corrected chi connectivity index (χ4v) is 3.92. The SMILES string of the molecule is CN=C(NCc1nc(-c2cccc(Cl)c2)no1)N1CCC(N2CCOCC2)C1.I. The van der Waals surface area contributed by atoms with Crippen LogP contribution in [-0.2, 0) is 11.3 Å². The van der Waals surface area contributed by atoms with Crippen LogP contribution in [0, 0.1) is 0 Å². The summed E-state index contributed by atoms with van der Waals surface area (Å²) >= 11 is 6.03. The van der Waals surface area contributed by atoms with Gasteiger partial charge in [-0.1, -0.05) is 28.9 Å². The molecule has 1 aromatic carbocycles. The molecule has 1 N–H and O–H groups in total. The number of aliphatic imine (C=N–C) groups is 1. The number of guanidine groups is 1. The third-order valence-corrected chi connectivity index (χ3v) is 5.42. The highest BCUT2D eigenvalue weighted by Gasteiger charge is 2.30. The fourth-order valence-electron chi connectivity index (χ4n) is 3.73. The molecule has 0 saturated carbocycles. The van der Waals surface area contributed by atoms with Crippen molar-refractivity contribution in [2.45, 2.75) is 19.0 Å². The predicted molar refractivity (Wildman–Crippen MR) is 123 cm³/mol. The van der Waals surface area contributed by atoms with E-state index in [1.165, 1.54) is 0 Å². The van der Waals surface area contributed by atoms with Crippen LogP contribution in [0.25, 0.3) is 11.4 Å². The number of nitrogens with zero attached hydrogens (tertiary/aromatic N) is 5. The summed E-state index contributed by atoms with van der Waals surface area (Å²) in [6.45, 7) is 6.07. The summed E-state index contributed by atoms with van der Waals surface area (Å²) < 4.78 is 10.8. The van der Waals surface area contributed by atoms with Gasteiger partial charge >= 0.3 is 0 Å². The molecule has 2 aromatic rings. The number of likely N-dealkylation sites (tertiary alicyclic amines) is 1. The molecule has 0 spiro atoms. The highest BCUT2D eigenvalue weighted by atomic mass is 127. The molecule has 2 saturated heterocycles. The average molecular weight is 533 g/mol. The Kier molecular flexibility index (Phi) is 8.10. The van der Waals surface area contributed by atoms with Crippen molar-refractivity contribution >= 4 is 41.5 Å². The van der Waals surface area contributed by atoms with Gasteiger partial charge in [0.1, 0.15) is 0 Å². The van der Waals surface area contributed by atoms with E-state index in [0.717, 1.165) is 57.3 Å². The largest absolute Gasteiger partial charge is 0.379 e. The van der Waals surface area contributed by atoms with E-state index in [-0.39, 0.29) is 24.0 Å². The van der Waals surface area contributed by atoms with Gasteiger partial charge in [0.15, 0.2) is 5.96 Å². The van der Waals surface area contributed by atoms with Gasteiger partial charge in [-0.3, -0.25) is 9.89 Å². The molecule has 1 atom stereocenters. The fraction of sp³-hybridized carbons (Fsp3) is 0.526. The number of aromatic nitrogens is 2. The summed E-state index contributed by atoms with van der Waals surface area (Å²) in [5.74, 6) is 1.90. The lowest BCUT2D eigenvalue weighted by Gasteiger charge is -2.32. The smallest absolute Gasteiger partial charge is 0.246 e. The molecule has 0 radical (unpaired) electrons. The molecule has 3 heterocycles. The van der Waals surface area contributed by atoms with E-state index in [9.17, 15) is 0 Å². The van der Waals surface area contributed by atoms with Crippen molar-refractivity contribution in [2.75, 3.05) is 46.4 Å². The van der Waals surface area contributed by atoms with Crippen LogP contribution in [0.3, 0.4) is 0 Å². The minimum Gasteiger partial charge on any atom is -0.379 e. The minimum atomic E-state index is 0. The first kappa shape index (κ1) is 22.3. The van der Waals surface area contributed by atoms with Crippen molar-refractivity contribution in [3.63, 3.8) is 0 Å². The van der Waals surface area contributed by atoms with Crippen molar-refractivity contribution in [3.8, 4) is 11.4 Å². The number of halogens is 2. The molecular weight excluding hydrogens is 507 g/mol. The molecule has 1 aromatic heterocycles. The lowest BCUT2D eigenvalue weighted by molar-refractivity contribution is 0.0195. The number of ether oxygens (including phenoxy) is 1. The van der Waals surface area contributed by atoms with Gasteiger partial charge in [0.25, 0.3) is 0 Å². The normalized spacial score (nSPS) is 20.6. The van der Waals surface area contributed by atoms with Gasteiger partial charge < -0.3 is 19.5 Å². The van der Waals surface area contributed by atoms with Crippen molar-refractivity contribution in [2.24, 2.45) is 4.99 Å². The van der Waals surface area contributed by atoms with E-state index in [1.54, 1.807) is 7.05 Å². The Hall–Kier alpha value is -1.43. The third-order valence-electron chi connectivity index (χ3n) is 5.19. The summed E-state index contributed by atoms with van der Waals surface area (Å²) in [7, 11) is 1.80. The summed E-state index contributed by atoms with van der Waals surface area (Å²) in [4.78, 5) is 13.7. The van der Waals surface area contributed by atoms with Crippen LogP contribution in [0.4, 0.5) is 0 Å². The van der Waals surface area contributed by atoms with E-state index in [1.807, 2.05) is 24.3 Å². The van der Waals surface area contributed by atoms with Gasteiger partial charge in [-0.25, -0.2) is 0 Å². The molecular formula is C19H26ClIN6O2. The minimum absolute atomic E-state index is 0. The van der Waals surface area contributed by atoms with E-state index >= 15 is 0 Å². The van der Waals surface area contributed by atoms with E-state index in [0.29, 0.717) is 29.3 Å². The first-order valence-corrected chi connectivity index (χ1v) is 9.96. The number of nitrogens with one attached hydrogen (secondary N) is 1. The van der Waals surface area contributed by atoms with E-state index in [4.69, 9.17) is 20.9 Å². The Labute approximate surface area is 192 Å². The third kappa shape index (κ3) is 5.59. The second-order valence-electron chi connectivity index (χ2n) is 6.96. The Morgan fingerprint density at radius 3 is 2.90 bits per heavy atom. The number of morpholine rings is 1. The van der Waals surface area contributed by atoms with Crippen LogP contribution in [0.1, 0.15) is 12.3 Å². The highest BCUT2D eigenvalue weighted by Crippen LogP contribution is 2.20. The standard InChI is InChI=1S/C19H25ClN6O2.HI/c1-21-19(26-6-5-16(13-26)25-7-9-27-10-8-25)22-12-17-23-18(24-28-17)14-3-2-4-15(20)11-14;/h2-4,11,16H,5-10,12-13H2,1H3,(H,21,22);1H.